The van der Waals surface area contributed by atoms with Crippen LogP contribution in [0.5, 0.6) is 0 Å². The minimum Gasteiger partial charge on any atom is -0.356 e. The molecule has 0 aliphatic rings. The average molecular weight is 315 g/mol. The van der Waals surface area contributed by atoms with Gasteiger partial charge in [-0.15, -0.1) is 0 Å². The number of carbonyl (C=O) groups is 1. The van der Waals surface area contributed by atoms with Crippen molar-refractivity contribution in [1.29, 1.82) is 0 Å². The van der Waals surface area contributed by atoms with Crippen molar-refractivity contribution >= 4 is 28.5 Å². The van der Waals surface area contributed by atoms with Gasteiger partial charge in [-0.25, -0.2) is 0 Å². The molecule has 112 valence electrons. The number of amides is 1. The van der Waals surface area contributed by atoms with Gasteiger partial charge in [-0.2, -0.15) is 0 Å². The molecule has 1 amide bonds. The number of benzene rings is 2. The van der Waals surface area contributed by atoms with E-state index in [1.807, 2.05) is 55.5 Å². The standard InChI is InChI=1S/C17H15ClN2O2/c1-11(12-6-8-13(18)9-7-12)19-17(21)10-15-14-4-2-3-5-16(14)22-20-15/h2-9,11H,10H2,1H3,(H,19,21)/t11-/m1/s1. The third-order valence-corrected chi connectivity index (χ3v) is 3.78. The Balaban J connectivity index is 1.68. The molecule has 0 saturated carbocycles. The lowest BCUT2D eigenvalue weighted by Gasteiger charge is -2.14. The Morgan fingerprint density at radius 3 is 2.73 bits per heavy atom. The fraction of sp³-hybridized carbons (Fsp3) is 0.176. The Hall–Kier alpha value is -2.33. The SMILES string of the molecule is C[C@@H](NC(=O)Cc1noc2ccccc12)c1ccc(Cl)cc1. The summed E-state index contributed by atoms with van der Waals surface area (Å²) in [4.78, 5) is 12.2. The van der Waals surface area contributed by atoms with Crippen LogP contribution in [-0.4, -0.2) is 11.1 Å². The van der Waals surface area contributed by atoms with Crippen LogP contribution in [-0.2, 0) is 11.2 Å². The first-order chi connectivity index (χ1) is 10.6. The van der Waals surface area contributed by atoms with Gasteiger partial charge in [-0.1, -0.05) is 41.0 Å². The van der Waals surface area contributed by atoms with Crippen LogP contribution in [0.4, 0.5) is 0 Å². The summed E-state index contributed by atoms with van der Waals surface area (Å²) in [7, 11) is 0. The zero-order chi connectivity index (χ0) is 15.5. The van der Waals surface area contributed by atoms with E-state index in [9.17, 15) is 4.79 Å². The van der Waals surface area contributed by atoms with Gasteiger partial charge in [0.2, 0.25) is 5.91 Å². The van der Waals surface area contributed by atoms with Gasteiger partial charge in [0.1, 0.15) is 5.69 Å². The predicted octanol–water partition coefficient (Wildman–Crippen LogP) is 3.90. The van der Waals surface area contributed by atoms with Crippen molar-refractivity contribution in [3.05, 3.63) is 64.8 Å². The smallest absolute Gasteiger partial charge is 0.226 e. The number of halogens is 1. The molecule has 0 aliphatic heterocycles. The monoisotopic (exact) mass is 314 g/mol. The van der Waals surface area contributed by atoms with Crippen LogP contribution < -0.4 is 5.32 Å². The van der Waals surface area contributed by atoms with Crippen molar-refractivity contribution < 1.29 is 9.32 Å². The first-order valence-electron chi connectivity index (χ1n) is 7.01. The van der Waals surface area contributed by atoms with E-state index in [1.54, 1.807) is 0 Å². The van der Waals surface area contributed by atoms with Crippen molar-refractivity contribution in [2.45, 2.75) is 19.4 Å². The summed E-state index contributed by atoms with van der Waals surface area (Å²) in [6, 6.07) is 14.8. The lowest BCUT2D eigenvalue weighted by molar-refractivity contribution is -0.121. The van der Waals surface area contributed by atoms with Crippen LogP contribution in [0.25, 0.3) is 11.0 Å². The van der Waals surface area contributed by atoms with E-state index in [1.165, 1.54) is 0 Å². The number of rotatable bonds is 4. The zero-order valence-corrected chi connectivity index (χ0v) is 12.8. The number of carbonyl (C=O) groups excluding carboxylic acids is 1. The molecule has 1 N–H and O–H groups in total. The molecular formula is C17H15ClN2O2. The van der Waals surface area contributed by atoms with Crippen LogP contribution in [0.2, 0.25) is 5.02 Å². The van der Waals surface area contributed by atoms with E-state index in [2.05, 4.69) is 10.5 Å². The number of hydrogen-bond acceptors (Lipinski definition) is 3. The Morgan fingerprint density at radius 1 is 1.23 bits per heavy atom. The van der Waals surface area contributed by atoms with E-state index < -0.39 is 0 Å². The molecule has 4 nitrogen and oxygen atoms in total. The van der Waals surface area contributed by atoms with E-state index in [4.69, 9.17) is 16.1 Å². The highest BCUT2D eigenvalue weighted by Crippen LogP contribution is 2.19. The van der Waals surface area contributed by atoms with Crippen molar-refractivity contribution in [1.82, 2.24) is 10.5 Å². The van der Waals surface area contributed by atoms with Crippen LogP contribution in [0.15, 0.2) is 53.1 Å². The molecule has 1 aromatic heterocycles. The van der Waals surface area contributed by atoms with Crippen LogP contribution in [0.3, 0.4) is 0 Å². The van der Waals surface area contributed by atoms with E-state index >= 15 is 0 Å². The lowest BCUT2D eigenvalue weighted by atomic mass is 10.1. The maximum atomic E-state index is 12.2. The van der Waals surface area contributed by atoms with Crippen molar-refractivity contribution in [3.8, 4) is 0 Å². The number of hydrogen-bond donors (Lipinski definition) is 1. The molecule has 0 radical (unpaired) electrons. The minimum absolute atomic E-state index is 0.0945. The largest absolute Gasteiger partial charge is 0.356 e. The summed E-state index contributed by atoms with van der Waals surface area (Å²) < 4.78 is 5.21. The molecule has 0 saturated heterocycles. The zero-order valence-electron chi connectivity index (χ0n) is 12.0. The molecule has 0 bridgehead atoms. The molecule has 1 heterocycles. The van der Waals surface area contributed by atoms with Crippen LogP contribution in [0, 0.1) is 0 Å². The third-order valence-electron chi connectivity index (χ3n) is 3.53. The highest BCUT2D eigenvalue weighted by Gasteiger charge is 2.14. The number of para-hydroxylation sites is 1. The minimum atomic E-state index is -0.0958. The Kier molecular flexibility index (Phi) is 4.11. The van der Waals surface area contributed by atoms with Crippen molar-refractivity contribution in [2.24, 2.45) is 0 Å². The maximum absolute atomic E-state index is 12.2. The fourth-order valence-electron chi connectivity index (χ4n) is 2.34. The van der Waals surface area contributed by atoms with Gasteiger partial charge in [-0.3, -0.25) is 4.79 Å². The lowest BCUT2D eigenvalue weighted by Crippen LogP contribution is -2.28. The molecule has 0 aliphatic carbocycles. The number of nitrogens with one attached hydrogen (secondary N) is 1. The predicted molar refractivity (Wildman–Crippen MR) is 85.7 cm³/mol. The van der Waals surface area contributed by atoms with Gasteiger partial charge < -0.3 is 9.84 Å². The van der Waals surface area contributed by atoms with Crippen LogP contribution in [0.1, 0.15) is 24.2 Å². The molecule has 22 heavy (non-hydrogen) atoms. The molecular weight excluding hydrogens is 300 g/mol. The third kappa shape index (κ3) is 3.12. The van der Waals surface area contributed by atoms with E-state index in [0.29, 0.717) is 16.3 Å². The highest BCUT2D eigenvalue weighted by molar-refractivity contribution is 6.30. The average Bonchev–Trinajstić information content (AvgIpc) is 2.91. The molecule has 5 heteroatoms. The maximum Gasteiger partial charge on any atom is 0.226 e. The highest BCUT2D eigenvalue weighted by atomic mass is 35.5. The number of aromatic nitrogens is 1. The quantitative estimate of drug-likeness (QED) is 0.794. The molecule has 1 atom stereocenters. The van der Waals surface area contributed by atoms with Gasteiger partial charge in [0.25, 0.3) is 0 Å². The van der Waals surface area contributed by atoms with Gasteiger partial charge in [0, 0.05) is 10.4 Å². The van der Waals surface area contributed by atoms with Gasteiger partial charge in [0.05, 0.1) is 12.5 Å². The van der Waals surface area contributed by atoms with Crippen LogP contribution >= 0.6 is 11.6 Å². The Labute approximate surface area is 133 Å². The Morgan fingerprint density at radius 2 is 1.95 bits per heavy atom. The second-order valence-corrected chi connectivity index (χ2v) is 5.58. The second-order valence-electron chi connectivity index (χ2n) is 5.14. The topological polar surface area (TPSA) is 55.1 Å². The van der Waals surface area contributed by atoms with Crippen molar-refractivity contribution in [3.63, 3.8) is 0 Å². The van der Waals surface area contributed by atoms with Gasteiger partial charge in [0.15, 0.2) is 5.58 Å². The molecule has 3 aromatic rings. The first-order valence-corrected chi connectivity index (χ1v) is 7.39. The summed E-state index contributed by atoms with van der Waals surface area (Å²) in [5.41, 5.74) is 2.34. The first kappa shape index (κ1) is 14.6. The molecule has 0 spiro atoms. The van der Waals surface area contributed by atoms with Crippen molar-refractivity contribution in [2.75, 3.05) is 0 Å². The summed E-state index contributed by atoms with van der Waals surface area (Å²) in [5, 5.41) is 8.48. The fourth-order valence-corrected chi connectivity index (χ4v) is 2.47. The summed E-state index contributed by atoms with van der Waals surface area (Å²) in [6.45, 7) is 1.93. The normalized spacial score (nSPS) is 12.3. The summed E-state index contributed by atoms with van der Waals surface area (Å²) in [6.07, 6.45) is 0.189. The number of fused-ring (bicyclic) bond motifs is 1. The molecule has 2 aromatic carbocycles. The molecule has 0 fully saturated rings. The number of nitrogens with zero attached hydrogens (tertiary/aromatic N) is 1. The second kappa shape index (κ2) is 6.20. The van der Waals surface area contributed by atoms with Gasteiger partial charge in [-0.05, 0) is 36.8 Å². The summed E-state index contributed by atoms with van der Waals surface area (Å²) >= 11 is 5.87. The van der Waals surface area contributed by atoms with E-state index in [-0.39, 0.29) is 18.4 Å². The Bertz CT molecular complexity index is 796. The summed E-state index contributed by atoms with van der Waals surface area (Å²) in [5.74, 6) is -0.0958. The van der Waals surface area contributed by atoms with E-state index in [0.717, 1.165) is 10.9 Å². The molecule has 0 unspecified atom stereocenters. The molecule has 3 rings (SSSR count). The van der Waals surface area contributed by atoms with Gasteiger partial charge >= 0.3 is 0 Å².